The quantitative estimate of drug-likeness (QED) is 0.327. The van der Waals surface area contributed by atoms with Gasteiger partial charge in [0, 0.05) is 0 Å². The summed E-state index contributed by atoms with van der Waals surface area (Å²) in [7, 11) is -0.573. The Morgan fingerprint density at radius 3 is 1.94 bits per heavy atom. The number of hydrogen-bond acceptors (Lipinski definition) is 0. The van der Waals surface area contributed by atoms with Crippen LogP contribution in [0.1, 0.15) is 71.6 Å². The highest BCUT2D eigenvalue weighted by molar-refractivity contribution is 6.66. The molecule has 1 rings (SSSR count). The van der Waals surface area contributed by atoms with Crippen LogP contribution >= 0.6 is 0 Å². The third kappa shape index (κ3) is 6.58. The van der Waals surface area contributed by atoms with Crippen LogP contribution < -0.4 is 0 Å². The van der Waals surface area contributed by atoms with Crippen molar-refractivity contribution in [1.29, 1.82) is 0 Å². The molecule has 0 heterocycles. The van der Waals surface area contributed by atoms with Crippen LogP contribution in [0.3, 0.4) is 0 Å². The first-order valence-electron chi connectivity index (χ1n) is 8.24. The molecule has 0 aliphatic heterocycles. The summed E-state index contributed by atoms with van der Waals surface area (Å²) in [6.45, 7) is 4.62. The molecule has 0 amide bonds. The maximum absolute atomic E-state index is 2.44. The van der Waals surface area contributed by atoms with E-state index in [1.807, 2.05) is 5.20 Å². The van der Waals surface area contributed by atoms with Crippen molar-refractivity contribution in [1.82, 2.24) is 0 Å². The Hall–Kier alpha value is -0.303. The fourth-order valence-corrected chi connectivity index (χ4v) is 6.36. The van der Waals surface area contributed by atoms with Gasteiger partial charge in [0.15, 0.2) is 0 Å². The highest BCUT2D eigenvalue weighted by atomic mass is 28.3. The van der Waals surface area contributed by atoms with E-state index in [0.29, 0.717) is 0 Å². The molecule has 0 aromatic rings. The molecule has 1 aliphatic rings. The van der Waals surface area contributed by atoms with Gasteiger partial charge < -0.3 is 0 Å². The number of unbranched alkanes of at least 4 members (excludes halogenated alkanes) is 6. The van der Waals surface area contributed by atoms with Crippen LogP contribution in [0, 0.1) is 0 Å². The third-order valence-electron chi connectivity index (χ3n) is 4.14. The van der Waals surface area contributed by atoms with Gasteiger partial charge in [-0.15, -0.1) is 0 Å². The molecule has 0 atom stereocenters. The maximum atomic E-state index is 2.44. The molecule has 1 aliphatic carbocycles. The summed E-state index contributed by atoms with van der Waals surface area (Å²) in [6.07, 6.45) is 19.9. The second kappa shape index (κ2) is 10.6. The minimum absolute atomic E-state index is 0.573. The average Bonchev–Trinajstić information content (AvgIpc) is 2.91. The van der Waals surface area contributed by atoms with Gasteiger partial charge in [0.25, 0.3) is 0 Å². The molecule has 0 unspecified atom stereocenters. The van der Waals surface area contributed by atoms with Gasteiger partial charge in [-0.05, 0) is 6.42 Å². The van der Waals surface area contributed by atoms with Gasteiger partial charge in [-0.25, -0.2) is 0 Å². The van der Waals surface area contributed by atoms with Crippen molar-refractivity contribution >= 4 is 8.80 Å². The molecular weight excluding hydrogens is 232 g/mol. The van der Waals surface area contributed by atoms with E-state index in [9.17, 15) is 0 Å². The predicted octanol–water partition coefficient (Wildman–Crippen LogP) is 5.80. The molecule has 0 N–H and O–H groups in total. The Morgan fingerprint density at radius 1 is 0.889 bits per heavy atom. The molecule has 0 nitrogen and oxygen atoms in total. The molecule has 0 bridgehead atoms. The number of rotatable bonds is 11. The second-order valence-corrected chi connectivity index (χ2v) is 9.06. The second-order valence-electron chi connectivity index (χ2n) is 5.77. The van der Waals surface area contributed by atoms with Crippen molar-refractivity contribution < 1.29 is 0 Å². The lowest BCUT2D eigenvalue weighted by Crippen LogP contribution is -2.15. The van der Waals surface area contributed by atoms with E-state index in [2.05, 4.69) is 32.1 Å². The summed E-state index contributed by atoms with van der Waals surface area (Å²) < 4.78 is 0. The standard InChI is InChI=1S/C17H32Si/c1-3-5-7-11-15-18(16-12-8-6-4-2)17-13-9-10-14-17/h9-10,13,18H,3-8,11-12,14-16H2,1-2H3. The van der Waals surface area contributed by atoms with Crippen LogP contribution in [0.4, 0.5) is 0 Å². The summed E-state index contributed by atoms with van der Waals surface area (Å²) in [6, 6.07) is 3.14. The van der Waals surface area contributed by atoms with E-state index in [1.165, 1.54) is 57.8 Å². The van der Waals surface area contributed by atoms with E-state index >= 15 is 0 Å². The van der Waals surface area contributed by atoms with Crippen LogP contribution in [-0.4, -0.2) is 8.80 Å². The van der Waals surface area contributed by atoms with Crippen molar-refractivity contribution in [3.8, 4) is 0 Å². The van der Waals surface area contributed by atoms with Gasteiger partial charge in [0.1, 0.15) is 0 Å². The summed E-state index contributed by atoms with van der Waals surface area (Å²) in [5, 5.41) is 1.85. The number of allylic oxidation sites excluding steroid dienone is 4. The number of hydrogen-bond donors (Lipinski definition) is 0. The molecule has 1 heteroatoms. The fraction of sp³-hybridized carbons (Fsp3) is 0.765. The van der Waals surface area contributed by atoms with Crippen molar-refractivity contribution in [3.63, 3.8) is 0 Å². The van der Waals surface area contributed by atoms with Gasteiger partial charge in [-0.3, -0.25) is 0 Å². The lowest BCUT2D eigenvalue weighted by Gasteiger charge is -2.17. The Kier molecular flexibility index (Phi) is 9.28. The zero-order valence-electron chi connectivity index (χ0n) is 12.6. The Balaban J connectivity index is 2.23. The molecule has 0 fully saturated rings. The predicted molar refractivity (Wildman–Crippen MR) is 86.9 cm³/mol. The molecule has 0 spiro atoms. The van der Waals surface area contributed by atoms with Crippen LogP contribution in [-0.2, 0) is 0 Å². The summed E-state index contributed by atoms with van der Waals surface area (Å²) >= 11 is 0. The van der Waals surface area contributed by atoms with Crippen molar-refractivity contribution in [2.75, 3.05) is 0 Å². The first-order chi connectivity index (χ1) is 8.88. The molecule has 18 heavy (non-hydrogen) atoms. The first kappa shape index (κ1) is 15.8. The molecule has 0 saturated heterocycles. The van der Waals surface area contributed by atoms with Gasteiger partial charge in [0.05, 0.1) is 8.80 Å². The van der Waals surface area contributed by atoms with Gasteiger partial charge in [0.2, 0.25) is 0 Å². The lowest BCUT2D eigenvalue weighted by molar-refractivity contribution is 0.686. The highest BCUT2D eigenvalue weighted by Gasteiger charge is 2.15. The molecular formula is C17H32Si. The van der Waals surface area contributed by atoms with E-state index in [4.69, 9.17) is 0 Å². The van der Waals surface area contributed by atoms with E-state index in [1.54, 1.807) is 12.1 Å². The SMILES string of the molecule is CCCCCC[SiH](CCCCCC)C1=CC=CC1. The normalized spacial score (nSPS) is 14.5. The monoisotopic (exact) mass is 264 g/mol. The summed E-state index contributed by atoms with van der Waals surface area (Å²) in [4.78, 5) is 0. The zero-order valence-corrected chi connectivity index (χ0v) is 13.7. The average molecular weight is 265 g/mol. The van der Waals surface area contributed by atoms with Crippen LogP contribution in [0.25, 0.3) is 0 Å². The van der Waals surface area contributed by atoms with Crippen molar-refractivity contribution in [2.24, 2.45) is 0 Å². The first-order valence-corrected chi connectivity index (χ1v) is 10.4. The Morgan fingerprint density at radius 2 is 1.50 bits per heavy atom. The van der Waals surface area contributed by atoms with Crippen LogP contribution in [0.5, 0.6) is 0 Å². The fourth-order valence-electron chi connectivity index (χ4n) is 2.92. The van der Waals surface area contributed by atoms with Gasteiger partial charge in [-0.1, -0.05) is 101 Å². The topological polar surface area (TPSA) is 0 Å². The van der Waals surface area contributed by atoms with Gasteiger partial charge in [-0.2, -0.15) is 0 Å². The maximum Gasteiger partial charge on any atom is 0.0660 e. The summed E-state index contributed by atoms with van der Waals surface area (Å²) in [5.74, 6) is 0. The lowest BCUT2D eigenvalue weighted by atomic mass is 10.2. The molecule has 0 aromatic carbocycles. The van der Waals surface area contributed by atoms with Crippen LogP contribution in [0.15, 0.2) is 23.4 Å². The highest BCUT2D eigenvalue weighted by Crippen LogP contribution is 2.24. The van der Waals surface area contributed by atoms with Crippen molar-refractivity contribution in [2.45, 2.75) is 83.7 Å². The third-order valence-corrected chi connectivity index (χ3v) is 7.82. The van der Waals surface area contributed by atoms with E-state index < -0.39 is 8.80 Å². The van der Waals surface area contributed by atoms with Gasteiger partial charge >= 0.3 is 0 Å². The molecule has 104 valence electrons. The molecule has 0 radical (unpaired) electrons. The minimum atomic E-state index is -0.573. The largest absolute Gasteiger partial charge is 0.0809 e. The Bertz CT molecular complexity index is 240. The van der Waals surface area contributed by atoms with Crippen molar-refractivity contribution in [3.05, 3.63) is 23.4 Å². The summed E-state index contributed by atoms with van der Waals surface area (Å²) in [5.41, 5.74) is 0. The molecule has 0 aromatic heterocycles. The molecule has 0 saturated carbocycles. The Labute approximate surface area is 116 Å². The van der Waals surface area contributed by atoms with E-state index in [-0.39, 0.29) is 0 Å². The smallest absolute Gasteiger partial charge is 0.0660 e. The van der Waals surface area contributed by atoms with E-state index in [0.717, 1.165) is 0 Å². The minimum Gasteiger partial charge on any atom is -0.0809 e. The van der Waals surface area contributed by atoms with Crippen LogP contribution in [0.2, 0.25) is 12.1 Å². The zero-order chi connectivity index (χ0) is 13.1.